The number of pyridine rings is 1. The van der Waals surface area contributed by atoms with E-state index in [1.54, 1.807) is 6.07 Å². The fraction of sp³-hybridized carbons (Fsp3) is 0.0909. The number of aromatic nitrogens is 2. The molecule has 0 spiro atoms. The molecule has 1 aliphatic heterocycles. The molecule has 0 fully saturated rings. The SMILES string of the molecule is COc1cc2[nH]c(-c3ccccc3)c(Cc3cccc(C4=NNNN4)n3)c2cc1F. The van der Waals surface area contributed by atoms with Crippen LogP contribution in [0.4, 0.5) is 4.39 Å². The number of hydrazone groups is 1. The van der Waals surface area contributed by atoms with Crippen LogP contribution in [0.25, 0.3) is 22.2 Å². The first kappa shape index (κ1) is 18.1. The molecule has 4 N–H and O–H groups in total. The summed E-state index contributed by atoms with van der Waals surface area (Å²) in [4.78, 5) is 8.16. The lowest BCUT2D eigenvalue weighted by molar-refractivity contribution is 0.387. The number of amidine groups is 1. The fourth-order valence-corrected chi connectivity index (χ4v) is 3.65. The molecule has 30 heavy (non-hydrogen) atoms. The van der Waals surface area contributed by atoms with Crippen LogP contribution in [0.3, 0.4) is 0 Å². The zero-order valence-corrected chi connectivity index (χ0v) is 16.2. The Labute approximate surface area is 171 Å². The lowest BCUT2D eigenvalue weighted by Gasteiger charge is -2.08. The van der Waals surface area contributed by atoms with Crippen molar-refractivity contribution >= 4 is 16.7 Å². The Bertz CT molecular complexity index is 1250. The largest absolute Gasteiger partial charge is 0.494 e. The van der Waals surface area contributed by atoms with Crippen LogP contribution in [0.5, 0.6) is 5.75 Å². The molecule has 4 aromatic rings. The number of nitrogens with zero attached hydrogens (tertiary/aromatic N) is 2. The van der Waals surface area contributed by atoms with Crippen molar-refractivity contribution in [1.82, 2.24) is 26.5 Å². The number of rotatable bonds is 5. The highest BCUT2D eigenvalue weighted by Gasteiger charge is 2.18. The van der Waals surface area contributed by atoms with E-state index in [4.69, 9.17) is 9.72 Å². The number of aromatic amines is 1. The summed E-state index contributed by atoms with van der Waals surface area (Å²) in [6.45, 7) is 0. The van der Waals surface area contributed by atoms with Gasteiger partial charge in [-0.2, -0.15) is 0 Å². The monoisotopic (exact) mass is 402 g/mol. The summed E-state index contributed by atoms with van der Waals surface area (Å²) >= 11 is 0. The van der Waals surface area contributed by atoms with Gasteiger partial charge >= 0.3 is 0 Å². The van der Waals surface area contributed by atoms with Crippen molar-refractivity contribution in [2.24, 2.45) is 5.10 Å². The second-order valence-electron chi connectivity index (χ2n) is 6.89. The lowest BCUT2D eigenvalue weighted by Crippen LogP contribution is -2.35. The molecule has 0 radical (unpaired) electrons. The maximum atomic E-state index is 14.5. The van der Waals surface area contributed by atoms with E-state index in [0.29, 0.717) is 18.0 Å². The van der Waals surface area contributed by atoms with E-state index in [0.717, 1.165) is 33.4 Å². The maximum absolute atomic E-state index is 14.5. The highest BCUT2D eigenvalue weighted by atomic mass is 19.1. The molecule has 0 aliphatic carbocycles. The van der Waals surface area contributed by atoms with E-state index in [9.17, 15) is 4.39 Å². The summed E-state index contributed by atoms with van der Waals surface area (Å²) in [7, 11) is 1.46. The second kappa shape index (κ2) is 7.49. The highest BCUT2D eigenvalue weighted by Crippen LogP contribution is 2.35. The van der Waals surface area contributed by atoms with Crippen LogP contribution in [-0.2, 0) is 6.42 Å². The van der Waals surface area contributed by atoms with Crippen molar-refractivity contribution in [3.05, 3.63) is 83.4 Å². The van der Waals surface area contributed by atoms with Gasteiger partial charge in [0.1, 0.15) is 5.69 Å². The van der Waals surface area contributed by atoms with Crippen molar-refractivity contribution in [2.45, 2.75) is 6.42 Å². The van der Waals surface area contributed by atoms with Crippen molar-refractivity contribution in [3.8, 4) is 17.0 Å². The predicted molar refractivity (Wildman–Crippen MR) is 113 cm³/mol. The van der Waals surface area contributed by atoms with Gasteiger partial charge in [0.25, 0.3) is 0 Å². The van der Waals surface area contributed by atoms with Crippen LogP contribution < -0.4 is 21.2 Å². The van der Waals surface area contributed by atoms with Crippen LogP contribution in [0.15, 0.2) is 65.8 Å². The molecular weight excluding hydrogens is 383 g/mol. The Kier molecular flexibility index (Phi) is 4.53. The predicted octanol–water partition coefficient (Wildman–Crippen LogP) is 3.24. The summed E-state index contributed by atoms with van der Waals surface area (Å²) in [5.41, 5.74) is 13.5. The molecule has 0 saturated carbocycles. The quantitative estimate of drug-likeness (QED) is 0.412. The summed E-state index contributed by atoms with van der Waals surface area (Å²) in [5, 5.41) is 4.91. The number of hydrogen-bond acceptors (Lipinski definition) is 6. The zero-order chi connectivity index (χ0) is 20.5. The van der Waals surface area contributed by atoms with Crippen molar-refractivity contribution in [2.75, 3.05) is 7.11 Å². The van der Waals surface area contributed by atoms with Gasteiger partial charge in [0.05, 0.1) is 18.3 Å². The van der Waals surface area contributed by atoms with Gasteiger partial charge in [0, 0.05) is 23.6 Å². The Hall–Kier alpha value is -3.91. The molecule has 1 aliphatic rings. The van der Waals surface area contributed by atoms with Gasteiger partial charge in [-0.1, -0.05) is 36.4 Å². The Morgan fingerprint density at radius 1 is 1.03 bits per heavy atom. The molecular formula is C22H19FN6O. The van der Waals surface area contributed by atoms with Gasteiger partial charge < -0.3 is 9.72 Å². The number of nitrogens with one attached hydrogen (secondary N) is 4. The molecule has 0 atom stereocenters. The highest BCUT2D eigenvalue weighted by molar-refractivity contribution is 5.97. The van der Waals surface area contributed by atoms with Crippen molar-refractivity contribution < 1.29 is 9.13 Å². The summed E-state index contributed by atoms with van der Waals surface area (Å²) in [6.07, 6.45) is 0.526. The number of ether oxygens (including phenoxy) is 1. The normalized spacial score (nSPS) is 13.1. The van der Waals surface area contributed by atoms with Gasteiger partial charge in [-0.25, -0.2) is 14.9 Å². The third-order valence-corrected chi connectivity index (χ3v) is 5.05. The number of fused-ring (bicyclic) bond motifs is 1. The molecule has 150 valence electrons. The van der Waals surface area contributed by atoms with E-state index in [1.807, 2.05) is 48.5 Å². The van der Waals surface area contributed by atoms with Gasteiger partial charge in [-0.15, -0.1) is 10.6 Å². The van der Waals surface area contributed by atoms with Gasteiger partial charge in [-0.05, 0) is 29.3 Å². The third kappa shape index (κ3) is 3.23. The standard InChI is InChI=1S/C22H19FN6O/c1-30-20-12-19-15(11-17(20)23)16(21(25-19)13-6-3-2-4-7-13)10-14-8-5-9-18(24-14)22-26-28-29-27-22/h2-9,11-12,25,28-29H,10H2,1H3,(H,26,27). The van der Waals surface area contributed by atoms with E-state index in [1.165, 1.54) is 13.2 Å². The topological polar surface area (TPSA) is 86.4 Å². The molecule has 0 bridgehead atoms. The molecule has 3 heterocycles. The van der Waals surface area contributed by atoms with Gasteiger partial charge in [0.2, 0.25) is 0 Å². The molecule has 0 saturated heterocycles. The van der Waals surface area contributed by atoms with Crippen LogP contribution in [0.2, 0.25) is 0 Å². The van der Waals surface area contributed by atoms with Crippen LogP contribution in [0, 0.1) is 5.82 Å². The first-order chi connectivity index (χ1) is 14.7. The van der Waals surface area contributed by atoms with E-state index in [-0.39, 0.29) is 5.75 Å². The molecule has 2 aromatic carbocycles. The maximum Gasteiger partial charge on any atom is 0.189 e. The average molecular weight is 402 g/mol. The minimum Gasteiger partial charge on any atom is -0.494 e. The molecule has 0 amide bonds. The van der Waals surface area contributed by atoms with Crippen LogP contribution in [-0.4, -0.2) is 22.9 Å². The lowest BCUT2D eigenvalue weighted by atomic mass is 10.0. The number of hydrogen-bond donors (Lipinski definition) is 4. The summed E-state index contributed by atoms with van der Waals surface area (Å²) in [6, 6.07) is 19.0. The molecule has 2 aromatic heterocycles. The Balaban J connectivity index is 1.64. The van der Waals surface area contributed by atoms with E-state index >= 15 is 0 Å². The molecule has 0 unspecified atom stereocenters. The summed E-state index contributed by atoms with van der Waals surface area (Å²) in [5.74, 6) is 0.420. The Morgan fingerprint density at radius 3 is 2.67 bits per heavy atom. The van der Waals surface area contributed by atoms with E-state index in [2.05, 4.69) is 26.6 Å². The smallest absolute Gasteiger partial charge is 0.189 e. The number of H-pyrrole nitrogens is 1. The average Bonchev–Trinajstić information content (AvgIpc) is 3.43. The van der Waals surface area contributed by atoms with Crippen LogP contribution in [0.1, 0.15) is 17.0 Å². The molecule has 8 heteroatoms. The first-order valence-corrected chi connectivity index (χ1v) is 9.46. The zero-order valence-electron chi connectivity index (χ0n) is 16.2. The third-order valence-electron chi connectivity index (χ3n) is 5.05. The summed E-state index contributed by atoms with van der Waals surface area (Å²) < 4.78 is 19.7. The van der Waals surface area contributed by atoms with Crippen molar-refractivity contribution in [3.63, 3.8) is 0 Å². The molecule has 5 rings (SSSR count). The first-order valence-electron chi connectivity index (χ1n) is 9.46. The van der Waals surface area contributed by atoms with Gasteiger partial charge in [-0.3, -0.25) is 5.43 Å². The van der Waals surface area contributed by atoms with Crippen LogP contribution >= 0.6 is 0 Å². The minimum absolute atomic E-state index is 0.209. The number of halogens is 1. The fourth-order valence-electron chi connectivity index (χ4n) is 3.65. The minimum atomic E-state index is -0.395. The number of hydrazine groups is 2. The number of benzene rings is 2. The van der Waals surface area contributed by atoms with E-state index < -0.39 is 5.82 Å². The molecule has 7 nitrogen and oxygen atoms in total. The second-order valence-corrected chi connectivity index (χ2v) is 6.89. The number of methoxy groups -OCH3 is 1. The van der Waals surface area contributed by atoms with Crippen molar-refractivity contribution in [1.29, 1.82) is 0 Å². The van der Waals surface area contributed by atoms with Gasteiger partial charge in [0.15, 0.2) is 17.4 Å². The Morgan fingerprint density at radius 2 is 1.90 bits per heavy atom.